The zero-order valence-electron chi connectivity index (χ0n) is 7.89. The number of hydrogen-bond donors (Lipinski definition) is 2. The molecule has 1 aromatic rings. The van der Waals surface area contributed by atoms with Gasteiger partial charge in [0.2, 0.25) is 0 Å². The number of benzene rings is 1. The lowest BCUT2D eigenvalue weighted by atomic mass is 9.98. The van der Waals surface area contributed by atoms with Crippen LogP contribution in [0.1, 0.15) is 24.5 Å². The third kappa shape index (κ3) is 1.89. The molecule has 0 bridgehead atoms. The second-order valence-electron chi connectivity index (χ2n) is 3.59. The summed E-state index contributed by atoms with van der Waals surface area (Å²) in [5.74, 6) is 0.235. The van der Waals surface area contributed by atoms with Crippen LogP contribution in [-0.4, -0.2) is 22.9 Å². The van der Waals surface area contributed by atoms with E-state index in [9.17, 15) is 5.11 Å². The Morgan fingerprint density at radius 3 is 2.57 bits per heavy atom. The summed E-state index contributed by atoms with van der Waals surface area (Å²) in [6.45, 7) is 0.697. The van der Waals surface area contributed by atoms with Crippen molar-refractivity contribution in [3.8, 4) is 5.75 Å². The monoisotopic (exact) mass is 194 g/mol. The third-order valence-corrected chi connectivity index (χ3v) is 2.51. The van der Waals surface area contributed by atoms with E-state index in [4.69, 9.17) is 9.84 Å². The summed E-state index contributed by atoms with van der Waals surface area (Å²) in [5.41, 5.74) is 0.926. The Bertz CT molecular complexity index is 294. The van der Waals surface area contributed by atoms with Crippen LogP contribution < -0.4 is 0 Å². The van der Waals surface area contributed by atoms with Gasteiger partial charge in [-0.25, -0.2) is 0 Å². The van der Waals surface area contributed by atoms with Crippen molar-refractivity contribution in [2.45, 2.75) is 25.0 Å². The van der Waals surface area contributed by atoms with Crippen molar-refractivity contribution in [3.05, 3.63) is 29.8 Å². The van der Waals surface area contributed by atoms with Crippen molar-refractivity contribution >= 4 is 0 Å². The van der Waals surface area contributed by atoms with Crippen LogP contribution in [0.25, 0.3) is 0 Å². The number of aliphatic hydroxyl groups excluding tert-OH is 1. The number of ether oxygens (including phenoxy) is 1. The number of phenols is 1. The van der Waals surface area contributed by atoms with Gasteiger partial charge in [-0.1, -0.05) is 12.1 Å². The Hall–Kier alpha value is -1.06. The van der Waals surface area contributed by atoms with Crippen LogP contribution in [0, 0.1) is 0 Å². The zero-order valence-corrected chi connectivity index (χ0v) is 7.89. The molecular formula is C11H14O3. The summed E-state index contributed by atoms with van der Waals surface area (Å²) in [4.78, 5) is 0. The fourth-order valence-corrected chi connectivity index (χ4v) is 1.75. The number of phenolic OH excluding ortho intramolecular Hbond substituents is 1. The summed E-state index contributed by atoms with van der Waals surface area (Å²) in [7, 11) is 0. The Kier molecular flexibility index (Phi) is 2.70. The first-order valence-electron chi connectivity index (χ1n) is 4.86. The molecule has 1 aliphatic heterocycles. The molecule has 0 amide bonds. The van der Waals surface area contributed by atoms with Gasteiger partial charge >= 0.3 is 0 Å². The molecule has 2 N–H and O–H groups in total. The minimum atomic E-state index is -0.423. The zero-order chi connectivity index (χ0) is 9.97. The average molecular weight is 194 g/mol. The van der Waals surface area contributed by atoms with E-state index in [1.807, 2.05) is 0 Å². The molecule has 1 aromatic carbocycles. The highest BCUT2D eigenvalue weighted by Crippen LogP contribution is 2.28. The van der Waals surface area contributed by atoms with Gasteiger partial charge in [0.05, 0.1) is 6.10 Å². The van der Waals surface area contributed by atoms with E-state index >= 15 is 0 Å². The molecule has 2 rings (SSSR count). The standard InChI is InChI=1S/C11H14O3/c12-9-5-3-8(4-6-9)11-10(13)2-1-7-14-11/h3-6,10-13H,1-2,7H2. The number of aliphatic hydroxyl groups is 1. The molecule has 2 atom stereocenters. The fraction of sp³-hybridized carbons (Fsp3) is 0.455. The first kappa shape index (κ1) is 9.49. The van der Waals surface area contributed by atoms with Gasteiger partial charge in [0, 0.05) is 6.61 Å². The van der Waals surface area contributed by atoms with Crippen LogP contribution in [0.4, 0.5) is 0 Å². The SMILES string of the molecule is Oc1ccc(C2OCCCC2O)cc1. The molecule has 76 valence electrons. The van der Waals surface area contributed by atoms with Gasteiger partial charge in [-0.3, -0.25) is 0 Å². The van der Waals surface area contributed by atoms with Gasteiger partial charge in [-0.05, 0) is 30.5 Å². The molecule has 0 aliphatic carbocycles. The molecule has 3 nitrogen and oxygen atoms in total. The lowest BCUT2D eigenvalue weighted by Gasteiger charge is -2.28. The molecule has 3 heteroatoms. The van der Waals surface area contributed by atoms with E-state index in [1.165, 1.54) is 0 Å². The molecule has 1 fully saturated rings. The number of hydrogen-bond acceptors (Lipinski definition) is 3. The van der Waals surface area contributed by atoms with Gasteiger partial charge in [0.15, 0.2) is 0 Å². The summed E-state index contributed by atoms with van der Waals surface area (Å²) < 4.78 is 5.48. The lowest BCUT2D eigenvalue weighted by molar-refractivity contribution is -0.0758. The molecule has 0 aromatic heterocycles. The minimum Gasteiger partial charge on any atom is -0.508 e. The molecule has 1 heterocycles. The van der Waals surface area contributed by atoms with E-state index in [1.54, 1.807) is 24.3 Å². The molecule has 0 saturated carbocycles. The van der Waals surface area contributed by atoms with Crippen LogP contribution in [0.2, 0.25) is 0 Å². The van der Waals surface area contributed by atoms with Crippen molar-refractivity contribution < 1.29 is 14.9 Å². The predicted octanol–water partition coefficient (Wildman–Crippen LogP) is 1.60. The maximum absolute atomic E-state index is 9.70. The van der Waals surface area contributed by atoms with Crippen LogP contribution in [0.15, 0.2) is 24.3 Å². The van der Waals surface area contributed by atoms with Crippen LogP contribution in [-0.2, 0) is 4.74 Å². The van der Waals surface area contributed by atoms with E-state index in [0.29, 0.717) is 6.61 Å². The van der Waals surface area contributed by atoms with Crippen LogP contribution in [0.3, 0.4) is 0 Å². The Morgan fingerprint density at radius 1 is 1.21 bits per heavy atom. The van der Waals surface area contributed by atoms with Crippen LogP contribution >= 0.6 is 0 Å². The highest BCUT2D eigenvalue weighted by Gasteiger charge is 2.25. The van der Waals surface area contributed by atoms with Crippen LogP contribution in [0.5, 0.6) is 5.75 Å². The summed E-state index contributed by atoms with van der Waals surface area (Å²) >= 11 is 0. The second-order valence-corrected chi connectivity index (χ2v) is 3.59. The van der Waals surface area contributed by atoms with Gasteiger partial charge in [-0.2, -0.15) is 0 Å². The van der Waals surface area contributed by atoms with Gasteiger partial charge < -0.3 is 14.9 Å². The maximum Gasteiger partial charge on any atom is 0.115 e. The van der Waals surface area contributed by atoms with Gasteiger partial charge in [0.1, 0.15) is 11.9 Å². The second kappa shape index (κ2) is 3.98. The largest absolute Gasteiger partial charge is 0.508 e. The first-order valence-corrected chi connectivity index (χ1v) is 4.86. The maximum atomic E-state index is 9.70. The Labute approximate surface area is 83.0 Å². The van der Waals surface area contributed by atoms with E-state index in [0.717, 1.165) is 18.4 Å². The van der Waals surface area contributed by atoms with Gasteiger partial charge in [0.25, 0.3) is 0 Å². The average Bonchev–Trinajstić information content (AvgIpc) is 2.20. The van der Waals surface area contributed by atoms with Gasteiger partial charge in [-0.15, -0.1) is 0 Å². The summed E-state index contributed by atoms with van der Waals surface area (Å²) in [6.07, 6.45) is 1.04. The van der Waals surface area contributed by atoms with E-state index < -0.39 is 6.10 Å². The van der Waals surface area contributed by atoms with Crippen molar-refractivity contribution in [2.75, 3.05) is 6.61 Å². The molecule has 0 spiro atoms. The molecular weight excluding hydrogens is 180 g/mol. The van der Waals surface area contributed by atoms with Crippen molar-refractivity contribution in [2.24, 2.45) is 0 Å². The van der Waals surface area contributed by atoms with Crippen molar-refractivity contribution in [3.63, 3.8) is 0 Å². The van der Waals surface area contributed by atoms with Crippen molar-refractivity contribution in [1.82, 2.24) is 0 Å². The molecule has 0 radical (unpaired) electrons. The molecule has 2 unspecified atom stereocenters. The van der Waals surface area contributed by atoms with E-state index in [2.05, 4.69) is 0 Å². The Balaban J connectivity index is 2.16. The number of rotatable bonds is 1. The predicted molar refractivity (Wildman–Crippen MR) is 52.0 cm³/mol. The quantitative estimate of drug-likeness (QED) is 0.714. The molecule has 1 saturated heterocycles. The Morgan fingerprint density at radius 2 is 1.93 bits per heavy atom. The fourth-order valence-electron chi connectivity index (χ4n) is 1.75. The highest BCUT2D eigenvalue weighted by molar-refractivity contribution is 5.28. The van der Waals surface area contributed by atoms with Crippen molar-refractivity contribution in [1.29, 1.82) is 0 Å². The number of aromatic hydroxyl groups is 1. The molecule has 14 heavy (non-hydrogen) atoms. The minimum absolute atomic E-state index is 0.232. The normalized spacial score (nSPS) is 27.5. The summed E-state index contributed by atoms with van der Waals surface area (Å²) in [5, 5.41) is 18.8. The summed E-state index contributed by atoms with van der Waals surface area (Å²) in [6, 6.07) is 6.79. The smallest absolute Gasteiger partial charge is 0.115 e. The first-order chi connectivity index (χ1) is 6.77. The van der Waals surface area contributed by atoms with E-state index in [-0.39, 0.29) is 11.9 Å². The molecule has 1 aliphatic rings. The lowest BCUT2D eigenvalue weighted by Crippen LogP contribution is -2.26. The highest BCUT2D eigenvalue weighted by atomic mass is 16.5. The topological polar surface area (TPSA) is 49.7 Å². The third-order valence-electron chi connectivity index (χ3n) is 2.51.